The maximum absolute atomic E-state index is 11.6. The second-order valence-electron chi connectivity index (χ2n) is 7.70. The first-order chi connectivity index (χ1) is 10.9. The highest BCUT2D eigenvalue weighted by atomic mass is 127. The summed E-state index contributed by atoms with van der Waals surface area (Å²) < 4.78 is 23.2. The van der Waals surface area contributed by atoms with E-state index >= 15 is 0 Å². The van der Waals surface area contributed by atoms with Gasteiger partial charge in [-0.1, -0.05) is 18.6 Å². The second kappa shape index (κ2) is 8.38. The number of nitrogens with one attached hydrogen (secondary N) is 2. The number of rotatable bonds is 5. The molecule has 24 heavy (non-hydrogen) atoms. The lowest BCUT2D eigenvalue weighted by atomic mass is 9.95. The van der Waals surface area contributed by atoms with Gasteiger partial charge in [0.05, 0.1) is 18.1 Å². The average Bonchev–Trinajstić information content (AvgIpc) is 3.17. The third-order valence-corrected chi connectivity index (χ3v) is 7.29. The van der Waals surface area contributed by atoms with Crippen molar-refractivity contribution in [1.82, 2.24) is 10.6 Å². The van der Waals surface area contributed by atoms with Gasteiger partial charge >= 0.3 is 0 Å². The fourth-order valence-electron chi connectivity index (χ4n) is 4.24. The van der Waals surface area contributed by atoms with Gasteiger partial charge in [0.25, 0.3) is 0 Å². The first kappa shape index (κ1) is 20.0. The molecule has 1 heterocycles. The Balaban J connectivity index is 0.00000208. The van der Waals surface area contributed by atoms with E-state index in [9.17, 15) is 8.42 Å². The van der Waals surface area contributed by atoms with Crippen molar-refractivity contribution in [3.63, 3.8) is 0 Å². The van der Waals surface area contributed by atoms with Crippen LogP contribution in [-0.4, -0.2) is 45.0 Å². The standard InChI is InChI=1S/C17H29N3O2S.HI/c1-12(2)9-18-17(19-10-14-5-6-23(21,22)11-14)20-16-8-13-3-4-15(16)7-13;/h13-16H,1,3-11H2,2H3,(H2,18,19,20);1H. The topological polar surface area (TPSA) is 70.6 Å². The van der Waals surface area contributed by atoms with Gasteiger partial charge in [0.2, 0.25) is 0 Å². The van der Waals surface area contributed by atoms with Gasteiger partial charge in [-0.05, 0) is 50.4 Å². The van der Waals surface area contributed by atoms with Gasteiger partial charge in [-0.15, -0.1) is 24.0 Å². The number of halogens is 1. The van der Waals surface area contributed by atoms with Gasteiger partial charge in [0.15, 0.2) is 15.8 Å². The van der Waals surface area contributed by atoms with Gasteiger partial charge in [-0.25, -0.2) is 13.4 Å². The molecule has 0 spiro atoms. The molecule has 4 atom stereocenters. The van der Waals surface area contributed by atoms with Crippen LogP contribution < -0.4 is 10.6 Å². The molecule has 2 bridgehead atoms. The van der Waals surface area contributed by atoms with E-state index in [2.05, 4.69) is 22.2 Å². The van der Waals surface area contributed by atoms with E-state index in [1.807, 2.05) is 6.92 Å². The van der Waals surface area contributed by atoms with E-state index in [4.69, 9.17) is 0 Å². The molecule has 0 aromatic rings. The van der Waals surface area contributed by atoms with Crippen LogP contribution >= 0.6 is 24.0 Å². The molecule has 3 fully saturated rings. The summed E-state index contributed by atoms with van der Waals surface area (Å²) in [6, 6.07) is 0.525. The fraction of sp³-hybridized carbons (Fsp3) is 0.824. The summed E-state index contributed by atoms with van der Waals surface area (Å²) in [5.74, 6) is 3.34. The zero-order valence-corrected chi connectivity index (χ0v) is 17.6. The summed E-state index contributed by atoms with van der Waals surface area (Å²) in [5.41, 5.74) is 1.03. The SMILES string of the molecule is C=C(C)CN=C(NCC1CCS(=O)(=O)C1)NC1CC2CCC1C2.I. The smallest absolute Gasteiger partial charge is 0.191 e. The minimum Gasteiger partial charge on any atom is -0.356 e. The van der Waals surface area contributed by atoms with Gasteiger partial charge in [-0.2, -0.15) is 0 Å². The third-order valence-electron chi connectivity index (χ3n) is 5.45. The van der Waals surface area contributed by atoms with Crippen LogP contribution in [-0.2, 0) is 9.84 Å². The average molecular weight is 467 g/mol. The zero-order valence-electron chi connectivity index (χ0n) is 14.5. The van der Waals surface area contributed by atoms with Crippen molar-refractivity contribution in [3.05, 3.63) is 12.2 Å². The summed E-state index contributed by atoms with van der Waals surface area (Å²) in [7, 11) is -2.81. The molecule has 1 aliphatic heterocycles. The lowest BCUT2D eigenvalue weighted by Crippen LogP contribution is -2.47. The number of nitrogens with zero attached hydrogens (tertiary/aromatic N) is 1. The van der Waals surface area contributed by atoms with E-state index in [-0.39, 0.29) is 29.9 Å². The summed E-state index contributed by atoms with van der Waals surface area (Å²) >= 11 is 0. The first-order valence-electron chi connectivity index (χ1n) is 8.81. The zero-order chi connectivity index (χ0) is 16.4. The van der Waals surface area contributed by atoms with Crippen LogP contribution in [0.2, 0.25) is 0 Å². The van der Waals surface area contributed by atoms with Crippen LogP contribution in [0.5, 0.6) is 0 Å². The fourth-order valence-corrected chi connectivity index (χ4v) is 6.10. The molecule has 2 saturated carbocycles. The number of hydrogen-bond donors (Lipinski definition) is 2. The van der Waals surface area contributed by atoms with Crippen molar-refractivity contribution in [2.24, 2.45) is 22.7 Å². The van der Waals surface area contributed by atoms with Crippen LogP contribution in [0.15, 0.2) is 17.1 Å². The molecule has 138 valence electrons. The first-order valence-corrected chi connectivity index (χ1v) is 10.6. The number of aliphatic imine (C=N–C) groups is 1. The monoisotopic (exact) mass is 467 g/mol. The normalized spacial score (nSPS) is 34.0. The van der Waals surface area contributed by atoms with E-state index in [0.29, 0.717) is 30.6 Å². The van der Waals surface area contributed by atoms with Crippen molar-refractivity contribution in [3.8, 4) is 0 Å². The van der Waals surface area contributed by atoms with Gasteiger partial charge in [-0.3, -0.25) is 0 Å². The summed E-state index contributed by atoms with van der Waals surface area (Å²) in [6.45, 7) is 7.18. The molecule has 1 saturated heterocycles. The Morgan fingerprint density at radius 2 is 2.04 bits per heavy atom. The van der Waals surface area contributed by atoms with Crippen LogP contribution in [0.3, 0.4) is 0 Å². The molecular weight excluding hydrogens is 437 g/mol. The third kappa shape index (κ3) is 5.34. The summed E-state index contributed by atoms with van der Waals surface area (Å²) in [6.07, 6.45) is 6.07. The van der Waals surface area contributed by atoms with Gasteiger partial charge in [0, 0.05) is 12.6 Å². The van der Waals surface area contributed by atoms with Crippen molar-refractivity contribution in [2.45, 2.75) is 45.1 Å². The van der Waals surface area contributed by atoms with Crippen LogP contribution in [0.4, 0.5) is 0 Å². The quantitative estimate of drug-likeness (QED) is 0.282. The van der Waals surface area contributed by atoms with Crippen LogP contribution in [0.25, 0.3) is 0 Å². The largest absolute Gasteiger partial charge is 0.356 e. The van der Waals surface area contributed by atoms with Crippen molar-refractivity contribution in [2.75, 3.05) is 24.6 Å². The molecule has 0 aromatic carbocycles. The second-order valence-corrected chi connectivity index (χ2v) is 9.93. The van der Waals surface area contributed by atoms with Crippen LogP contribution in [0.1, 0.15) is 39.0 Å². The molecule has 2 aliphatic carbocycles. The molecule has 0 amide bonds. The highest BCUT2D eigenvalue weighted by Gasteiger charge is 2.39. The molecular formula is C17H30IN3O2S. The predicted molar refractivity (Wildman–Crippen MR) is 110 cm³/mol. The molecule has 3 rings (SSSR count). The Labute approximate surface area is 163 Å². The van der Waals surface area contributed by atoms with Crippen molar-refractivity contribution < 1.29 is 8.42 Å². The number of guanidine groups is 1. The van der Waals surface area contributed by atoms with Crippen molar-refractivity contribution >= 4 is 39.8 Å². The Hall–Kier alpha value is -0.310. The number of hydrogen-bond acceptors (Lipinski definition) is 3. The predicted octanol–water partition coefficient (Wildman–Crippen LogP) is 2.34. The lowest BCUT2D eigenvalue weighted by Gasteiger charge is -2.25. The van der Waals surface area contributed by atoms with Crippen LogP contribution in [0, 0.1) is 17.8 Å². The lowest BCUT2D eigenvalue weighted by molar-refractivity contribution is 0.386. The Kier molecular flexibility index (Phi) is 6.99. The molecule has 0 radical (unpaired) electrons. The maximum atomic E-state index is 11.6. The molecule has 5 nitrogen and oxygen atoms in total. The van der Waals surface area contributed by atoms with Gasteiger partial charge < -0.3 is 10.6 Å². The Morgan fingerprint density at radius 1 is 1.25 bits per heavy atom. The van der Waals surface area contributed by atoms with E-state index in [0.717, 1.165) is 29.8 Å². The maximum Gasteiger partial charge on any atom is 0.191 e. The van der Waals surface area contributed by atoms with E-state index in [1.165, 1.54) is 25.7 Å². The Bertz CT molecular complexity index is 591. The summed E-state index contributed by atoms with van der Waals surface area (Å²) in [5, 5.41) is 6.97. The molecule has 2 N–H and O–H groups in total. The minimum absolute atomic E-state index is 0. The van der Waals surface area contributed by atoms with E-state index in [1.54, 1.807) is 0 Å². The van der Waals surface area contributed by atoms with Gasteiger partial charge in [0.1, 0.15) is 0 Å². The highest BCUT2D eigenvalue weighted by Crippen LogP contribution is 2.44. The Morgan fingerprint density at radius 3 is 2.58 bits per heavy atom. The molecule has 0 aromatic heterocycles. The molecule has 3 aliphatic rings. The summed E-state index contributed by atoms with van der Waals surface area (Å²) in [4.78, 5) is 4.61. The van der Waals surface area contributed by atoms with Crippen molar-refractivity contribution in [1.29, 1.82) is 0 Å². The number of fused-ring (bicyclic) bond motifs is 2. The molecule has 4 unspecified atom stereocenters. The number of sulfone groups is 1. The highest BCUT2D eigenvalue weighted by molar-refractivity contribution is 14.0. The molecule has 7 heteroatoms. The van der Waals surface area contributed by atoms with E-state index < -0.39 is 9.84 Å². The minimum atomic E-state index is -2.81.